The molecule has 8 aromatic carbocycles. The number of thiophene rings is 1. The van der Waals surface area contributed by atoms with Crippen LogP contribution in [-0.4, -0.2) is 15.0 Å². The van der Waals surface area contributed by atoms with Crippen LogP contribution < -0.4 is 0 Å². The molecule has 0 atom stereocenters. The number of hydrogen-bond donors (Lipinski definition) is 0. The molecule has 0 fully saturated rings. The summed E-state index contributed by atoms with van der Waals surface area (Å²) >= 11 is 1.34. The van der Waals surface area contributed by atoms with Crippen LogP contribution in [-0.2, 0) is 0 Å². The molecule has 0 amide bonds. The SMILES string of the molecule is [2H]c1c([2H])c([2H])c(-c2cc(-c3c([2H])c([2H])c([2H])c([2H])c3[2H])c3sc4cccc(-c5nc(-c6ccccc6)nc(-c6ccc7ccc8ccccc8c7c6)n5)c4c3c2)c([2H])c1[2H]. The van der Waals surface area contributed by atoms with E-state index >= 15 is 0 Å². The molecule has 0 aliphatic heterocycles. The minimum Gasteiger partial charge on any atom is -0.208 e. The van der Waals surface area contributed by atoms with Gasteiger partial charge in [0.15, 0.2) is 17.5 Å². The van der Waals surface area contributed by atoms with Crippen LogP contribution in [0.1, 0.15) is 13.7 Å². The molecule has 0 unspecified atom stereocenters. The van der Waals surface area contributed by atoms with E-state index in [1.165, 1.54) is 11.3 Å². The second kappa shape index (κ2) is 12.1. The van der Waals surface area contributed by atoms with Crippen molar-refractivity contribution in [1.82, 2.24) is 15.0 Å². The smallest absolute Gasteiger partial charge is 0.164 e. The number of hydrogen-bond acceptors (Lipinski definition) is 4. The van der Waals surface area contributed by atoms with Gasteiger partial charge in [-0.2, -0.15) is 0 Å². The average molecular weight is 678 g/mol. The van der Waals surface area contributed by atoms with E-state index in [2.05, 4.69) is 36.4 Å². The highest BCUT2D eigenvalue weighted by Crippen LogP contribution is 2.45. The van der Waals surface area contributed by atoms with Crippen molar-refractivity contribution in [1.29, 1.82) is 0 Å². The predicted molar refractivity (Wildman–Crippen MR) is 215 cm³/mol. The van der Waals surface area contributed by atoms with E-state index in [0.29, 0.717) is 38.5 Å². The van der Waals surface area contributed by atoms with Gasteiger partial charge in [-0.1, -0.05) is 151 Å². The van der Waals surface area contributed by atoms with Gasteiger partial charge in [0.1, 0.15) is 0 Å². The third-order valence-electron chi connectivity index (χ3n) is 9.07. The summed E-state index contributed by atoms with van der Waals surface area (Å²) in [5.74, 6) is 1.23. The quantitative estimate of drug-likeness (QED) is 0.170. The Labute approximate surface area is 313 Å². The van der Waals surface area contributed by atoms with Crippen molar-refractivity contribution in [2.75, 3.05) is 0 Å². The maximum Gasteiger partial charge on any atom is 0.164 e. The molecule has 0 bridgehead atoms. The first kappa shape index (κ1) is 20.9. The Kier molecular flexibility index (Phi) is 4.97. The molecule has 10 aromatic rings. The van der Waals surface area contributed by atoms with Gasteiger partial charge in [0.25, 0.3) is 0 Å². The van der Waals surface area contributed by atoms with E-state index in [1.807, 2.05) is 66.7 Å². The second-order valence-corrected chi connectivity index (χ2v) is 13.1. The fourth-order valence-electron chi connectivity index (χ4n) is 6.71. The van der Waals surface area contributed by atoms with Gasteiger partial charge in [-0.05, 0) is 62.5 Å². The summed E-state index contributed by atoms with van der Waals surface area (Å²) in [6.07, 6.45) is 0. The van der Waals surface area contributed by atoms with Crippen molar-refractivity contribution < 1.29 is 13.7 Å². The first-order chi connectivity index (χ1) is 29.4. The van der Waals surface area contributed by atoms with Crippen LogP contribution in [0.5, 0.6) is 0 Å². The molecule has 0 spiro atoms. The van der Waals surface area contributed by atoms with Crippen molar-refractivity contribution in [3.8, 4) is 56.4 Å². The first-order valence-electron chi connectivity index (χ1n) is 21.3. The predicted octanol–water partition coefficient (Wildman–Crippen LogP) is 12.9. The van der Waals surface area contributed by atoms with Crippen LogP contribution in [0.15, 0.2) is 176 Å². The topological polar surface area (TPSA) is 38.7 Å². The highest BCUT2D eigenvalue weighted by Gasteiger charge is 2.20. The maximum absolute atomic E-state index is 8.97. The summed E-state index contributed by atoms with van der Waals surface area (Å²) in [7, 11) is 0. The molecule has 0 aliphatic rings. The molecule has 51 heavy (non-hydrogen) atoms. The number of benzene rings is 8. The second-order valence-electron chi connectivity index (χ2n) is 12.1. The average Bonchev–Trinajstić information content (AvgIpc) is 3.68. The number of nitrogens with zero attached hydrogens (tertiary/aromatic N) is 3. The Balaban J connectivity index is 1.30. The summed E-state index contributed by atoms with van der Waals surface area (Å²) in [6.45, 7) is 0. The number of fused-ring (bicyclic) bond motifs is 6. The largest absolute Gasteiger partial charge is 0.208 e. The third kappa shape index (κ3) is 5.16. The molecule has 3 nitrogen and oxygen atoms in total. The molecule has 4 heteroatoms. The Morgan fingerprint density at radius 2 is 1.06 bits per heavy atom. The lowest BCUT2D eigenvalue weighted by atomic mass is 9.95. The molecular weight excluding hydrogens is 639 g/mol. The van der Waals surface area contributed by atoms with Crippen molar-refractivity contribution in [2.24, 2.45) is 0 Å². The molecular formula is C47H29N3S. The van der Waals surface area contributed by atoms with Crippen LogP contribution in [0, 0.1) is 0 Å². The first-order valence-corrected chi connectivity index (χ1v) is 17.1. The van der Waals surface area contributed by atoms with Gasteiger partial charge in [0, 0.05) is 42.4 Å². The van der Waals surface area contributed by atoms with E-state index in [1.54, 1.807) is 12.1 Å². The van der Waals surface area contributed by atoms with Crippen LogP contribution >= 0.6 is 11.3 Å². The Morgan fingerprint density at radius 1 is 0.412 bits per heavy atom. The normalized spacial score (nSPS) is 14.3. The van der Waals surface area contributed by atoms with Crippen LogP contribution in [0.4, 0.5) is 0 Å². The summed E-state index contributed by atoms with van der Waals surface area (Å²) in [6, 6.07) is 32.2. The molecule has 0 radical (unpaired) electrons. The van der Waals surface area contributed by atoms with Gasteiger partial charge < -0.3 is 0 Å². The monoisotopic (exact) mass is 677 g/mol. The van der Waals surface area contributed by atoms with E-state index < -0.39 is 60.4 Å². The van der Waals surface area contributed by atoms with Gasteiger partial charge >= 0.3 is 0 Å². The lowest BCUT2D eigenvalue weighted by Crippen LogP contribution is -2.00. The Morgan fingerprint density at radius 3 is 1.86 bits per heavy atom. The van der Waals surface area contributed by atoms with Gasteiger partial charge in [-0.15, -0.1) is 11.3 Å². The molecule has 10 rings (SSSR count). The maximum atomic E-state index is 8.97. The highest BCUT2D eigenvalue weighted by molar-refractivity contribution is 7.26. The lowest BCUT2D eigenvalue weighted by molar-refractivity contribution is 1.08. The summed E-state index contributed by atoms with van der Waals surface area (Å²) < 4.78 is 87.6. The lowest BCUT2D eigenvalue weighted by Gasteiger charge is -2.11. The van der Waals surface area contributed by atoms with Gasteiger partial charge in [0.05, 0.1) is 13.7 Å². The van der Waals surface area contributed by atoms with E-state index in [9.17, 15) is 0 Å². The number of aromatic nitrogens is 3. The van der Waals surface area contributed by atoms with E-state index in [4.69, 9.17) is 28.7 Å². The fourth-order valence-corrected chi connectivity index (χ4v) is 7.94. The highest BCUT2D eigenvalue weighted by atomic mass is 32.1. The zero-order chi connectivity index (χ0) is 42.4. The Bertz CT molecular complexity index is 3440. The molecule has 0 aliphatic carbocycles. The summed E-state index contributed by atoms with van der Waals surface area (Å²) in [4.78, 5) is 15.2. The van der Waals surface area contributed by atoms with Crippen LogP contribution in [0.2, 0.25) is 0 Å². The van der Waals surface area contributed by atoms with Crippen molar-refractivity contribution >= 4 is 53.1 Å². The van der Waals surface area contributed by atoms with E-state index in [-0.39, 0.29) is 22.3 Å². The van der Waals surface area contributed by atoms with Crippen molar-refractivity contribution in [2.45, 2.75) is 0 Å². The summed E-state index contributed by atoms with van der Waals surface area (Å²) in [5, 5.41) is 5.55. The molecule has 0 saturated heterocycles. The standard InChI is InChI=1S/C47H29N3S/c1-4-13-30(14-5-1)36-28-40(31-15-6-2-7-16-31)44-41(29-36)43-38(21-12-22-42(43)51-44)47-49-45(34-18-8-3-9-19-34)48-46(50-47)35-26-25-33-24-23-32-17-10-11-20-37(32)39(33)27-35/h1-29H/i1D,2D,4D,5D,6D,7D,13D,14D,15D,16D. The van der Waals surface area contributed by atoms with Crippen LogP contribution in [0.25, 0.3) is 98.1 Å². The van der Waals surface area contributed by atoms with Gasteiger partial charge in [-0.25, -0.2) is 15.0 Å². The molecule has 2 aromatic heterocycles. The molecule has 0 saturated carbocycles. The molecule has 2 heterocycles. The van der Waals surface area contributed by atoms with E-state index in [0.717, 1.165) is 37.4 Å². The Hall–Kier alpha value is -6.49. The fraction of sp³-hybridized carbons (Fsp3) is 0. The van der Waals surface area contributed by atoms with Crippen LogP contribution in [0.3, 0.4) is 0 Å². The summed E-state index contributed by atoms with van der Waals surface area (Å²) in [5.41, 5.74) is 2.47. The number of rotatable bonds is 5. The minimum atomic E-state index is -0.548. The molecule has 0 N–H and O–H groups in total. The van der Waals surface area contributed by atoms with Gasteiger partial charge in [-0.3, -0.25) is 0 Å². The van der Waals surface area contributed by atoms with Crippen molar-refractivity contribution in [3.05, 3.63) is 176 Å². The van der Waals surface area contributed by atoms with Crippen molar-refractivity contribution in [3.63, 3.8) is 0 Å². The zero-order valence-corrected chi connectivity index (χ0v) is 27.5. The van der Waals surface area contributed by atoms with Gasteiger partial charge in [0.2, 0.25) is 0 Å². The third-order valence-corrected chi connectivity index (χ3v) is 10.3. The molecule has 238 valence electrons. The zero-order valence-electron chi connectivity index (χ0n) is 36.7. The minimum absolute atomic E-state index is 0.0732.